The molecule has 28 heavy (non-hydrogen) atoms. The Hall–Kier alpha value is -3.21. The molecule has 0 saturated carbocycles. The van der Waals surface area contributed by atoms with Gasteiger partial charge in [0.1, 0.15) is 17.5 Å². The molecule has 2 aromatic carbocycles. The number of nitrogens with one attached hydrogen (secondary N) is 1. The first-order valence-corrected chi connectivity index (χ1v) is 9.50. The van der Waals surface area contributed by atoms with E-state index in [0.717, 1.165) is 47.6 Å². The first kappa shape index (κ1) is 18.2. The van der Waals surface area contributed by atoms with Crippen molar-refractivity contribution in [1.82, 2.24) is 5.32 Å². The van der Waals surface area contributed by atoms with Gasteiger partial charge >= 0.3 is 0 Å². The molecule has 0 radical (unpaired) electrons. The molecule has 4 rings (SSSR count). The molecule has 1 heterocycles. The molecule has 1 aliphatic heterocycles. The Morgan fingerprint density at radius 3 is 2.25 bits per heavy atom. The van der Waals surface area contributed by atoms with Gasteiger partial charge in [-0.3, -0.25) is 0 Å². The minimum Gasteiger partial charge on any atom is -0.497 e. The Morgan fingerprint density at radius 1 is 0.964 bits per heavy atom. The molecular weight excluding hydrogens is 350 g/mol. The minimum absolute atomic E-state index is 0.0540. The van der Waals surface area contributed by atoms with E-state index in [1.165, 1.54) is 11.1 Å². The van der Waals surface area contributed by atoms with Gasteiger partial charge < -0.3 is 20.5 Å². The van der Waals surface area contributed by atoms with Crippen molar-refractivity contribution in [3.63, 3.8) is 0 Å². The van der Waals surface area contributed by atoms with Gasteiger partial charge in [-0.2, -0.15) is 0 Å². The van der Waals surface area contributed by atoms with Crippen molar-refractivity contribution in [3.8, 4) is 11.5 Å². The summed E-state index contributed by atoms with van der Waals surface area (Å²) in [6.07, 6.45) is 5.35. The van der Waals surface area contributed by atoms with Crippen molar-refractivity contribution in [3.05, 3.63) is 76.5 Å². The molecule has 0 amide bonds. The van der Waals surface area contributed by atoms with Crippen LogP contribution in [0.5, 0.6) is 11.5 Å². The second-order valence-corrected chi connectivity index (χ2v) is 7.01. The van der Waals surface area contributed by atoms with Crippen LogP contribution < -0.4 is 20.5 Å². The zero-order valence-electron chi connectivity index (χ0n) is 16.2. The number of nitrogens with zero attached hydrogens (tertiary/aromatic N) is 1. The Bertz CT molecular complexity index is 941. The molecule has 1 aliphatic carbocycles. The first-order valence-electron chi connectivity index (χ1n) is 9.50. The number of allylic oxidation sites excluding steroid dienone is 1. The number of benzene rings is 2. The average molecular weight is 375 g/mol. The normalized spacial score (nSPS) is 20.3. The monoisotopic (exact) mass is 375 g/mol. The summed E-state index contributed by atoms with van der Waals surface area (Å²) in [6, 6.07) is 16.1. The number of hydrogen-bond donors (Lipinski definition) is 2. The summed E-state index contributed by atoms with van der Waals surface area (Å²) in [7, 11) is 3.35. The van der Waals surface area contributed by atoms with Crippen LogP contribution in [0.4, 0.5) is 0 Å². The molecule has 0 fully saturated rings. The average Bonchev–Trinajstić information content (AvgIpc) is 2.74. The molecule has 1 atom stereocenters. The third-order valence-corrected chi connectivity index (χ3v) is 5.27. The van der Waals surface area contributed by atoms with E-state index in [1.807, 2.05) is 24.3 Å². The van der Waals surface area contributed by atoms with Crippen LogP contribution in [0.1, 0.15) is 36.4 Å². The summed E-state index contributed by atoms with van der Waals surface area (Å²) >= 11 is 0. The summed E-state index contributed by atoms with van der Waals surface area (Å²) < 4.78 is 10.5. The van der Waals surface area contributed by atoms with E-state index in [1.54, 1.807) is 14.2 Å². The lowest BCUT2D eigenvalue weighted by Gasteiger charge is -2.32. The second kappa shape index (κ2) is 7.80. The lowest BCUT2D eigenvalue weighted by Crippen LogP contribution is -2.38. The second-order valence-electron chi connectivity index (χ2n) is 7.01. The fourth-order valence-corrected chi connectivity index (χ4v) is 3.84. The maximum absolute atomic E-state index is 6.16. The van der Waals surface area contributed by atoms with Gasteiger partial charge in [0.15, 0.2) is 5.96 Å². The van der Waals surface area contributed by atoms with Crippen molar-refractivity contribution in [1.29, 1.82) is 0 Å². The highest BCUT2D eigenvalue weighted by atomic mass is 16.5. The SMILES string of the molecule is COc1ccc(/C=C2\CCCC3=C2NC(N)=NC3c2ccc(OC)cc2)cc1. The van der Waals surface area contributed by atoms with Gasteiger partial charge in [0.2, 0.25) is 0 Å². The third kappa shape index (κ3) is 3.60. The highest BCUT2D eigenvalue weighted by molar-refractivity contribution is 5.84. The highest BCUT2D eigenvalue weighted by Crippen LogP contribution is 2.40. The van der Waals surface area contributed by atoms with Crippen LogP contribution in [0.2, 0.25) is 0 Å². The highest BCUT2D eigenvalue weighted by Gasteiger charge is 2.29. The van der Waals surface area contributed by atoms with Crippen LogP contribution in [0, 0.1) is 0 Å². The summed E-state index contributed by atoms with van der Waals surface area (Å²) in [4.78, 5) is 4.70. The topological polar surface area (TPSA) is 68.9 Å². The van der Waals surface area contributed by atoms with Crippen molar-refractivity contribution in [2.45, 2.75) is 25.3 Å². The maximum atomic E-state index is 6.16. The molecule has 2 aliphatic rings. The summed E-state index contributed by atoms with van der Waals surface area (Å²) in [5, 5.41) is 3.32. The molecule has 0 bridgehead atoms. The molecule has 0 saturated heterocycles. The van der Waals surface area contributed by atoms with E-state index >= 15 is 0 Å². The van der Waals surface area contributed by atoms with Gasteiger partial charge in [-0.25, -0.2) is 4.99 Å². The van der Waals surface area contributed by atoms with Crippen LogP contribution in [-0.4, -0.2) is 20.2 Å². The Balaban J connectivity index is 1.70. The zero-order valence-corrected chi connectivity index (χ0v) is 16.2. The van der Waals surface area contributed by atoms with Crippen molar-refractivity contribution < 1.29 is 9.47 Å². The number of rotatable bonds is 4. The number of methoxy groups -OCH3 is 2. The standard InChI is InChI=1S/C23H25N3O2/c1-27-18-10-6-15(7-11-18)14-17-4-3-5-20-21(25-23(24)26-22(17)20)16-8-12-19(28-2)13-9-16/h6-14,21H,3-5H2,1-2H3,(H3,24,25,26)/b17-14+. The fraction of sp³-hybridized carbons (Fsp3) is 0.261. The van der Waals surface area contributed by atoms with Gasteiger partial charge in [-0.15, -0.1) is 0 Å². The van der Waals surface area contributed by atoms with Gasteiger partial charge in [-0.05, 0) is 71.9 Å². The summed E-state index contributed by atoms with van der Waals surface area (Å²) in [6.45, 7) is 0. The van der Waals surface area contributed by atoms with Crippen molar-refractivity contribution in [2.75, 3.05) is 14.2 Å². The van der Waals surface area contributed by atoms with Crippen LogP contribution in [0.15, 0.2) is 70.4 Å². The van der Waals surface area contributed by atoms with Crippen LogP contribution in [-0.2, 0) is 0 Å². The van der Waals surface area contributed by atoms with E-state index < -0.39 is 0 Å². The molecule has 0 aromatic heterocycles. The largest absolute Gasteiger partial charge is 0.497 e. The fourth-order valence-electron chi connectivity index (χ4n) is 3.84. The Labute approximate surface area is 165 Å². The number of hydrogen-bond acceptors (Lipinski definition) is 5. The number of nitrogens with two attached hydrogens (primary N) is 1. The molecule has 0 spiro atoms. The molecular formula is C23H25N3O2. The first-order chi connectivity index (χ1) is 13.7. The lowest BCUT2D eigenvalue weighted by atomic mass is 9.84. The number of ether oxygens (including phenoxy) is 2. The Kier molecular flexibility index (Phi) is 5.06. The van der Waals surface area contributed by atoms with Crippen LogP contribution in [0.3, 0.4) is 0 Å². The lowest BCUT2D eigenvalue weighted by molar-refractivity contribution is 0.414. The van der Waals surface area contributed by atoms with E-state index in [9.17, 15) is 0 Å². The summed E-state index contributed by atoms with van der Waals surface area (Å²) in [5.74, 6) is 2.16. The van der Waals surface area contributed by atoms with Gasteiger partial charge in [-0.1, -0.05) is 24.3 Å². The predicted octanol–water partition coefficient (Wildman–Crippen LogP) is 4.18. The predicted molar refractivity (Wildman–Crippen MR) is 112 cm³/mol. The van der Waals surface area contributed by atoms with E-state index in [0.29, 0.717) is 5.96 Å². The molecule has 5 heteroatoms. The minimum atomic E-state index is -0.0540. The smallest absolute Gasteiger partial charge is 0.194 e. The van der Waals surface area contributed by atoms with Crippen LogP contribution >= 0.6 is 0 Å². The van der Waals surface area contributed by atoms with E-state index in [-0.39, 0.29) is 6.04 Å². The van der Waals surface area contributed by atoms with Gasteiger partial charge in [0.25, 0.3) is 0 Å². The van der Waals surface area contributed by atoms with Crippen molar-refractivity contribution in [2.24, 2.45) is 10.7 Å². The molecule has 144 valence electrons. The van der Waals surface area contributed by atoms with E-state index in [4.69, 9.17) is 20.2 Å². The van der Waals surface area contributed by atoms with Crippen LogP contribution in [0.25, 0.3) is 6.08 Å². The number of guanidine groups is 1. The van der Waals surface area contributed by atoms with Gasteiger partial charge in [0.05, 0.1) is 14.2 Å². The molecule has 2 aromatic rings. The maximum Gasteiger partial charge on any atom is 0.194 e. The molecule has 1 unspecified atom stereocenters. The quantitative estimate of drug-likeness (QED) is 0.841. The van der Waals surface area contributed by atoms with E-state index in [2.05, 4.69) is 35.7 Å². The number of aliphatic imine (C=N–C) groups is 1. The molecule has 5 nitrogen and oxygen atoms in total. The summed E-state index contributed by atoms with van der Waals surface area (Å²) in [5.41, 5.74) is 12.1. The zero-order chi connectivity index (χ0) is 19.5. The van der Waals surface area contributed by atoms with Crippen molar-refractivity contribution >= 4 is 12.0 Å². The third-order valence-electron chi connectivity index (χ3n) is 5.27. The Morgan fingerprint density at radius 2 is 1.61 bits per heavy atom. The van der Waals surface area contributed by atoms with Gasteiger partial charge in [0, 0.05) is 5.70 Å². The molecule has 3 N–H and O–H groups in total.